The molecule has 1 aromatic rings. The molecule has 0 amide bonds. The van der Waals surface area contributed by atoms with Crippen LogP contribution in [0.1, 0.15) is 73.6 Å². The predicted octanol–water partition coefficient (Wildman–Crippen LogP) is 9.73. The van der Waals surface area contributed by atoms with Crippen LogP contribution in [0.3, 0.4) is 0 Å². The quantitative estimate of drug-likeness (QED) is 0.154. The number of ether oxygens (including phenoxy) is 2. The minimum atomic E-state index is -2.11. The Morgan fingerprint density at radius 2 is 1.74 bits per heavy atom. The molecule has 0 saturated heterocycles. The molecule has 0 spiro atoms. The predicted molar refractivity (Wildman–Crippen MR) is 179 cm³/mol. The summed E-state index contributed by atoms with van der Waals surface area (Å²) in [5.74, 6) is 0.878. The first-order chi connectivity index (χ1) is 19.4. The van der Waals surface area contributed by atoms with Crippen molar-refractivity contribution in [1.82, 2.24) is 0 Å². The van der Waals surface area contributed by atoms with Crippen LogP contribution < -0.4 is 4.74 Å². The van der Waals surface area contributed by atoms with Gasteiger partial charge in [0.05, 0.1) is 12.2 Å². The summed E-state index contributed by atoms with van der Waals surface area (Å²) in [5.41, 5.74) is 0. The molecule has 1 fully saturated rings. The lowest BCUT2D eigenvalue weighted by molar-refractivity contribution is -0.151. The van der Waals surface area contributed by atoms with E-state index in [1.807, 2.05) is 24.3 Å². The molecule has 1 aromatic carbocycles. The maximum absolute atomic E-state index is 12.7. The SMILES string of the molecule is CC(C)(C)[Si](C)(C)OC1C[C@@H]2OC(=O)CCC/C=C\C[C@@H]2[C@H]1/C=C/[C@H](COc1cccc(Cl)c1)O[Si](C)(C)C(C)(C)C. The molecule has 1 unspecified atom stereocenters. The normalized spacial score (nSPS) is 26.0. The van der Waals surface area contributed by atoms with Gasteiger partial charge >= 0.3 is 5.97 Å². The second kappa shape index (κ2) is 14.1. The number of hydrogen-bond acceptors (Lipinski definition) is 5. The summed E-state index contributed by atoms with van der Waals surface area (Å²) < 4.78 is 26.3. The molecule has 8 heteroatoms. The van der Waals surface area contributed by atoms with E-state index in [1.165, 1.54) is 0 Å². The summed E-state index contributed by atoms with van der Waals surface area (Å²) in [7, 11) is -4.18. The number of esters is 1. The summed E-state index contributed by atoms with van der Waals surface area (Å²) in [5, 5.41) is 0.774. The molecule has 0 radical (unpaired) electrons. The molecule has 3 rings (SSSR count). The molecule has 0 aromatic heterocycles. The Morgan fingerprint density at radius 3 is 2.38 bits per heavy atom. The van der Waals surface area contributed by atoms with Gasteiger partial charge in [0.25, 0.3) is 0 Å². The fourth-order valence-corrected chi connectivity index (χ4v) is 7.91. The van der Waals surface area contributed by atoms with Crippen LogP contribution in [0.4, 0.5) is 0 Å². The average molecular weight is 635 g/mol. The lowest BCUT2D eigenvalue weighted by Crippen LogP contribution is -2.45. The smallest absolute Gasteiger partial charge is 0.306 e. The van der Waals surface area contributed by atoms with Gasteiger partial charge in [-0.1, -0.05) is 83.5 Å². The molecule has 1 heterocycles. The van der Waals surface area contributed by atoms with Crippen LogP contribution in [-0.4, -0.2) is 47.5 Å². The van der Waals surface area contributed by atoms with E-state index >= 15 is 0 Å². The molecule has 5 atom stereocenters. The summed E-state index contributed by atoms with van der Waals surface area (Å²) >= 11 is 6.23. The zero-order valence-corrected chi connectivity index (χ0v) is 30.4. The highest BCUT2D eigenvalue weighted by Gasteiger charge is 2.49. The van der Waals surface area contributed by atoms with Gasteiger partial charge in [0.2, 0.25) is 0 Å². The number of carbonyl (C=O) groups excluding carboxylic acids is 1. The van der Waals surface area contributed by atoms with E-state index in [0.717, 1.165) is 31.4 Å². The maximum Gasteiger partial charge on any atom is 0.306 e. The Hall–Kier alpha value is -1.39. The number of allylic oxidation sites excluding steroid dienone is 2. The van der Waals surface area contributed by atoms with E-state index in [1.54, 1.807) is 0 Å². The van der Waals surface area contributed by atoms with Crippen LogP contribution in [0.5, 0.6) is 5.75 Å². The number of rotatable bonds is 9. The highest BCUT2D eigenvalue weighted by Crippen LogP contribution is 2.45. The lowest BCUT2D eigenvalue weighted by Gasteiger charge is -2.40. The molecule has 42 heavy (non-hydrogen) atoms. The molecule has 0 bridgehead atoms. The van der Waals surface area contributed by atoms with Gasteiger partial charge in [-0.3, -0.25) is 4.79 Å². The van der Waals surface area contributed by atoms with Crippen molar-refractivity contribution >= 4 is 34.2 Å². The van der Waals surface area contributed by atoms with E-state index in [9.17, 15) is 4.79 Å². The van der Waals surface area contributed by atoms with Crippen molar-refractivity contribution in [2.75, 3.05) is 6.61 Å². The Kier molecular flexibility index (Phi) is 11.8. The monoisotopic (exact) mass is 634 g/mol. The maximum atomic E-state index is 12.7. The molecule has 236 valence electrons. The van der Waals surface area contributed by atoms with Gasteiger partial charge in [-0.2, -0.15) is 0 Å². The van der Waals surface area contributed by atoms with Crippen LogP contribution in [-0.2, 0) is 18.4 Å². The van der Waals surface area contributed by atoms with Crippen molar-refractivity contribution in [2.45, 2.75) is 128 Å². The van der Waals surface area contributed by atoms with Crippen molar-refractivity contribution in [2.24, 2.45) is 11.8 Å². The fraction of sp³-hybridized carbons (Fsp3) is 0.676. The summed E-state index contributed by atoms with van der Waals surface area (Å²) in [4.78, 5) is 12.7. The van der Waals surface area contributed by atoms with Gasteiger partial charge in [0.15, 0.2) is 16.6 Å². The number of benzene rings is 1. The Labute approximate surface area is 262 Å². The van der Waals surface area contributed by atoms with Crippen molar-refractivity contribution in [3.05, 3.63) is 53.6 Å². The third-order valence-electron chi connectivity index (χ3n) is 9.74. The van der Waals surface area contributed by atoms with Crippen molar-refractivity contribution < 1.29 is 23.1 Å². The zero-order valence-electron chi connectivity index (χ0n) is 27.7. The highest BCUT2D eigenvalue weighted by molar-refractivity contribution is 6.74. The number of halogens is 1. The highest BCUT2D eigenvalue weighted by atomic mass is 35.5. The first-order valence-electron chi connectivity index (χ1n) is 15.7. The zero-order chi connectivity index (χ0) is 31.3. The second-order valence-corrected chi connectivity index (χ2v) is 25.0. The van der Waals surface area contributed by atoms with E-state index in [4.69, 9.17) is 29.9 Å². The van der Waals surface area contributed by atoms with Crippen molar-refractivity contribution in [3.8, 4) is 5.75 Å². The van der Waals surface area contributed by atoms with E-state index in [0.29, 0.717) is 18.1 Å². The standard InChI is InChI=1S/C34H55ClO5Si2/c1-33(2,3)41(7,8)39-27(24-37-26-17-15-16-25(35)22-26)20-21-29-28-18-13-11-12-14-19-32(36)38-30(28)23-31(29)40-42(9,10)34(4,5)6/h11,13,15-17,20-22,27-31H,12,14,18-19,23-24H2,1-10H3/b13-11-,21-20+/t27-,28-,29-,30+,31?/m1/s1. The third kappa shape index (κ3) is 9.56. The Morgan fingerprint density at radius 1 is 1.05 bits per heavy atom. The van der Waals surface area contributed by atoms with Gasteiger partial charge in [-0.15, -0.1) is 0 Å². The largest absolute Gasteiger partial charge is 0.491 e. The Bertz CT molecular complexity index is 1100. The van der Waals surface area contributed by atoms with Gasteiger partial charge in [-0.05, 0) is 73.7 Å². The number of fused-ring (bicyclic) bond motifs is 1. The minimum absolute atomic E-state index is 0.0264. The molecular weight excluding hydrogens is 580 g/mol. The molecular formula is C34H55ClO5Si2. The van der Waals surface area contributed by atoms with E-state index in [-0.39, 0.29) is 46.2 Å². The first kappa shape index (κ1) is 35.1. The van der Waals surface area contributed by atoms with Gasteiger partial charge in [-0.25, -0.2) is 0 Å². The van der Waals surface area contributed by atoms with Crippen LogP contribution in [0.25, 0.3) is 0 Å². The fourth-order valence-electron chi connectivity index (χ4n) is 5.11. The lowest BCUT2D eigenvalue weighted by atomic mass is 9.89. The van der Waals surface area contributed by atoms with Gasteiger partial charge < -0.3 is 18.3 Å². The van der Waals surface area contributed by atoms with Crippen LogP contribution in [0, 0.1) is 11.8 Å². The number of carbonyl (C=O) groups is 1. The van der Waals surface area contributed by atoms with Crippen LogP contribution in [0.2, 0.25) is 41.3 Å². The van der Waals surface area contributed by atoms with Crippen molar-refractivity contribution in [3.63, 3.8) is 0 Å². The van der Waals surface area contributed by atoms with E-state index < -0.39 is 16.6 Å². The van der Waals surface area contributed by atoms with Crippen molar-refractivity contribution in [1.29, 1.82) is 0 Å². The molecule has 1 aliphatic heterocycles. The summed E-state index contributed by atoms with van der Waals surface area (Å²) in [6.07, 6.45) is 12.3. The van der Waals surface area contributed by atoms with Crippen LogP contribution >= 0.6 is 11.6 Å². The second-order valence-electron chi connectivity index (χ2n) is 15.1. The average Bonchev–Trinajstić information content (AvgIpc) is 3.16. The molecule has 1 saturated carbocycles. The molecule has 0 N–H and O–H groups in total. The molecule has 1 aliphatic carbocycles. The van der Waals surface area contributed by atoms with Gasteiger partial charge in [0.1, 0.15) is 18.5 Å². The van der Waals surface area contributed by atoms with Gasteiger partial charge in [0, 0.05) is 29.7 Å². The minimum Gasteiger partial charge on any atom is -0.491 e. The first-order valence-corrected chi connectivity index (χ1v) is 21.9. The van der Waals surface area contributed by atoms with E-state index in [2.05, 4.69) is 92.0 Å². The number of hydrogen-bond donors (Lipinski definition) is 0. The Balaban J connectivity index is 1.95. The summed E-state index contributed by atoms with van der Waals surface area (Å²) in [6, 6.07) is 7.49. The third-order valence-corrected chi connectivity index (χ3v) is 19.0. The summed E-state index contributed by atoms with van der Waals surface area (Å²) in [6.45, 7) is 23.1. The van der Waals surface area contributed by atoms with Crippen LogP contribution in [0.15, 0.2) is 48.6 Å². The molecule has 5 nitrogen and oxygen atoms in total. The molecule has 2 aliphatic rings. The topological polar surface area (TPSA) is 54.0 Å².